The van der Waals surface area contributed by atoms with Crippen LogP contribution in [-0.2, 0) is 22.8 Å². The Balaban J connectivity index is 2.01. The molecular formula is C19H28N4O2Si. The maximum absolute atomic E-state index is 6.18. The third kappa shape index (κ3) is 4.06. The average Bonchev–Trinajstić information content (AvgIpc) is 2.95. The summed E-state index contributed by atoms with van der Waals surface area (Å²) in [6.45, 7) is 11.3. The molecule has 140 valence electrons. The summed E-state index contributed by atoms with van der Waals surface area (Å²) in [5.74, 6) is 1.26. The summed E-state index contributed by atoms with van der Waals surface area (Å²) in [6, 6.07) is 9.12. The predicted molar refractivity (Wildman–Crippen MR) is 109 cm³/mol. The number of para-hydroxylation sites is 1. The second-order valence-corrected chi connectivity index (χ2v) is 13.3. The summed E-state index contributed by atoms with van der Waals surface area (Å²) >= 11 is 0. The molecule has 2 N–H and O–H groups in total. The number of hydrogen-bond acceptors (Lipinski definition) is 5. The molecule has 3 aromatic rings. The van der Waals surface area contributed by atoms with Crippen LogP contribution in [0.2, 0.25) is 25.7 Å². The zero-order valence-corrected chi connectivity index (χ0v) is 17.1. The molecule has 0 saturated heterocycles. The highest BCUT2D eigenvalue weighted by atomic mass is 28.3. The Morgan fingerprint density at radius 3 is 2.62 bits per heavy atom. The first kappa shape index (κ1) is 18.8. The van der Waals surface area contributed by atoms with Gasteiger partial charge in [-0.05, 0) is 19.0 Å². The molecule has 7 heteroatoms. The number of benzene rings is 1. The van der Waals surface area contributed by atoms with Gasteiger partial charge in [-0.1, -0.05) is 37.8 Å². The van der Waals surface area contributed by atoms with Gasteiger partial charge in [0.2, 0.25) is 0 Å². The van der Waals surface area contributed by atoms with Crippen LogP contribution in [0.5, 0.6) is 0 Å². The van der Waals surface area contributed by atoms with Crippen molar-refractivity contribution in [2.24, 2.45) is 0 Å². The van der Waals surface area contributed by atoms with Crippen molar-refractivity contribution < 1.29 is 9.47 Å². The Morgan fingerprint density at radius 2 is 1.88 bits per heavy atom. The Kier molecular flexibility index (Phi) is 5.60. The van der Waals surface area contributed by atoms with Crippen molar-refractivity contribution in [3.8, 4) is 0 Å². The zero-order valence-electron chi connectivity index (χ0n) is 16.1. The van der Waals surface area contributed by atoms with Gasteiger partial charge in [0.25, 0.3) is 0 Å². The van der Waals surface area contributed by atoms with Crippen LogP contribution in [0.15, 0.2) is 24.3 Å². The number of imidazole rings is 1. The molecule has 1 aromatic carbocycles. The first-order valence-corrected chi connectivity index (χ1v) is 12.8. The van der Waals surface area contributed by atoms with Gasteiger partial charge in [-0.3, -0.25) is 0 Å². The lowest BCUT2D eigenvalue weighted by atomic mass is 10.2. The number of nitrogen functional groups attached to an aromatic ring is 1. The van der Waals surface area contributed by atoms with Gasteiger partial charge in [0.1, 0.15) is 24.7 Å². The van der Waals surface area contributed by atoms with Gasteiger partial charge in [0.15, 0.2) is 5.82 Å². The van der Waals surface area contributed by atoms with Crippen molar-refractivity contribution in [3.05, 3.63) is 30.1 Å². The number of nitrogens with zero attached hydrogens (tertiary/aromatic N) is 3. The fourth-order valence-electron chi connectivity index (χ4n) is 2.88. The lowest BCUT2D eigenvalue weighted by molar-refractivity contribution is 0.0764. The van der Waals surface area contributed by atoms with Gasteiger partial charge in [-0.2, -0.15) is 0 Å². The van der Waals surface area contributed by atoms with Crippen LogP contribution in [-0.4, -0.2) is 35.8 Å². The first-order valence-electron chi connectivity index (χ1n) is 9.09. The number of pyridine rings is 1. The average molecular weight is 373 g/mol. The number of aromatic nitrogens is 3. The second-order valence-electron chi connectivity index (χ2n) is 7.65. The summed E-state index contributed by atoms with van der Waals surface area (Å²) in [7, 11) is -1.12. The fourth-order valence-corrected chi connectivity index (χ4v) is 3.64. The molecule has 2 aromatic heterocycles. The van der Waals surface area contributed by atoms with E-state index in [9.17, 15) is 0 Å². The van der Waals surface area contributed by atoms with Crippen LogP contribution < -0.4 is 5.73 Å². The van der Waals surface area contributed by atoms with Gasteiger partial charge < -0.3 is 19.8 Å². The van der Waals surface area contributed by atoms with Gasteiger partial charge in [0.05, 0.1) is 11.0 Å². The number of fused-ring (bicyclic) bond motifs is 3. The molecule has 0 bridgehead atoms. The first-order chi connectivity index (χ1) is 12.4. The highest BCUT2D eigenvalue weighted by molar-refractivity contribution is 6.76. The van der Waals surface area contributed by atoms with E-state index in [1.54, 1.807) is 0 Å². The number of nitrogens with two attached hydrogens (primary N) is 1. The zero-order chi connectivity index (χ0) is 18.7. The SMILES string of the molecule is CCOCc1nc2c(N)nc3ccccc3c2n1COCC[Si](C)(C)C. The van der Waals surface area contributed by atoms with Gasteiger partial charge in [0, 0.05) is 26.7 Å². The Morgan fingerprint density at radius 1 is 1.12 bits per heavy atom. The molecule has 0 atom stereocenters. The van der Waals surface area contributed by atoms with Crippen LogP contribution in [0.4, 0.5) is 5.82 Å². The van der Waals surface area contributed by atoms with E-state index in [4.69, 9.17) is 20.2 Å². The maximum Gasteiger partial charge on any atom is 0.152 e. The van der Waals surface area contributed by atoms with Crippen molar-refractivity contribution in [2.75, 3.05) is 18.9 Å². The summed E-state index contributed by atoms with van der Waals surface area (Å²) in [5.41, 5.74) is 8.73. The molecule has 0 radical (unpaired) electrons. The molecule has 0 fully saturated rings. The molecule has 6 nitrogen and oxygen atoms in total. The van der Waals surface area contributed by atoms with Crippen molar-refractivity contribution in [2.45, 2.75) is 45.9 Å². The topological polar surface area (TPSA) is 75.2 Å². The van der Waals surface area contributed by atoms with Crippen LogP contribution in [0.1, 0.15) is 12.7 Å². The van der Waals surface area contributed by atoms with E-state index in [1.807, 2.05) is 25.1 Å². The van der Waals surface area contributed by atoms with E-state index in [-0.39, 0.29) is 0 Å². The third-order valence-electron chi connectivity index (χ3n) is 4.34. The number of ether oxygens (including phenoxy) is 2. The largest absolute Gasteiger partial charge is 0.382 e. The molecular weight excluding hydrogens is 344 g/mol. The minimum atomic E-state index is -1.12. The van der Waals surface area contributed by atoms with E-state index in [0.717, 1.165) is 34.9 Å². The highest BCUT2D eigenvalue weighted by Crippen LogP contribution is 2.29. The number of rotatable bonds is 8. The minimum Gasteiger partial charge on any atom is -0.382 e. The predicted octanol–water partition coefficient (Wildman–Crippen LogP) is 4.02. The summed E-state index contributed by atoms with van der Waals surface area (Å²) in [6.07, 6.45) is 0. The fraction of sp³-hybridized carbons (Fsp3) is 0.474. The van der Waals surface area contributed by atoms with Gasteiger partial charge in [-0.15, -0.1) is 0 Å². The van der Waals surface area contributed by atoms with E-state index < -0.39 is 8.07 Å². The molecule has 0 saturated carbocycles. The van der Waals surface area contributed by atoms with E-state index in [1.165, 1.54) is 0 Å². The summed E-state index contributed by atoms with van der Waals surface area (Å²) in [4.78, 5) is 9.20. The van der Waals surface area contributed by atoms with Crippen LogP contribution in [0.25, 0.3) is 21.9 Å². The molecule has 0 spiro atoms. The Bertz CT molecular complexity index is 902. The molecule has 0 aliphatic rings. The standard InChI is InChI=1S/C19H28N4O2Si/c1-5-24-12-16-22-17-18(23(16)13-25-10-11-26(2,3)4)14-8-6-7-9-15(14)21-19(17)20/h6-9H,5,10-13H2,1-4H3,(H2,20,21). The quantitative estimate of drug-likeness (QED) is 0.477. The van der Waals surface area contributed by atoms with E-state index in [0.29, 0.717) is 31.3 Å². The van der Waals surface area contributed by atoms with Crippen molar-refractivity contribution in [1.82, 2.24) is 14.5 Å². The van der Waals surface area contributed by atoms with E-state index >= 15 is 0 Å². The van der Waals surface area contributed by atoms with Crippen molar-refractivity contribution in [3.63, 3.8) is 0 Å². The van der Waals surface area contributed by atoms with Crippen LogP contribution in [0, 0.1) is 0 Å². The smallest absolute Gasteiger partial charge is 0.152 e. The highest BCUT2D eigenvalue weighted by Gasteiger charge is 2.18. The van der Waals surface area contributed by atoms with Gasteiger partial charge in [-0.25, -0.2) is 9.97 Å². The molecule has 2 heterocycles. The van der Waals surface area contributed by atoms with Crippen LogP contribution in [0.3, 0.4) is 0 Å². The van der Waals surface area contributed by atoms with Gasteiger partial charge >= 0.3 is 0 Å². The number of hydrogen-bond donors (Lipinski definition) is 1. The molecule has 0 aliphatic carbocycles. The maximum atomic E-state index is 6.18. The Hall–Kier alpha value is -1.96. The normalized spacial score (nSPS) is 12.3. The second kappa shape index (κ2) is 7.73. The summed E-state index contributed by atoms with van der Waals surface area (Å²) in [5, 5.41) is 1.03. The minimum absolute atomic E-state index is 0.427. The molecule has 3 rings (SSSR count). The number of anilines is 1. The monoisotopic (exact) mass is 372 g/mol. The van der Waals surface area contributed by atoms with Crippen LogP contribution >= 0.6 is 0 Å². The molecule has 26 heavy (non-hydrogen) atoms. The molecule has 0 unspecified atom stereocenters. The molecule has 0 aliphatic heterocycles. The summed E-state index contributed by atoms with van der Waals surface area (Å²) < 4.78 is 13.7. The molecule has 0 amide bonds. The lowest BCUT2D eigenvalue weighted by Gasteiger charge is -2.16. The lowest BCUT2D eigenvalue weighted by Crippen LogP contribution is -2.22. The third-order valence-corrected chi connectivity index (χ3v) is 6.05. The van der Waals surface area contributed by atoms with Crippen molar-refractivity contribution in [1.29, 1.82) is 0 Å². The van der Waals surface area contributed by atoms with E-state index in [2.05, 4.69) is 35.3 Å². The van der Waals surface area contributed by atoms with Crippen molar-refractivity contribution >= 4 is 35.8 Å². The Labute approximate surface area is 155 Å².